The summed E-state index contributed by atoms with van der Waals surface area (Å²) < 4.78 is 13.1. The van der Waals surface area contributed by atoms with Crippen molar-refractivity contribution in [2.45, 2.75) is 32.0 Å². The summed E-state index contributed by atoms with van der Waals surface area (Å²) in [7, 11) is 0. The predicted molar refractivity (Wildman–Crippen MR) is 95.9 cm³/mol. The van der Waals surface area contributed by atoms with Gasteiger partial charge in [0.2, 0.25) is 11.8 Å². The van der Waals surface area contributed by atoms with Crippen LogP contribution < -0.4 is 5.32 Å². The molecule has 1 fully saturated rings. The van der Waals surface area contributed by atoms with E-state index < -0.39 is 6.04 Å². The first-order valence-corrected chi connectivity index (χ1v) is 9.15. The van der Waals surface area contributed by atoms with Gasteiger partial charge in [-0.3, -0.25) is 19.6 Å². The SMILES string of the molecule is O=C1NCCN(Cc2ccc(F)cc2)C1CC(=O)N1CCc2[nH]ncc2C1. The molecular weight excluding hydrogens is 349 g/mol. The topological polar surface area (TPSA) is 81.3 Å². The first-order chi connectivity index (χ1) is 13.1. The third-order valence-corrected chi connectivity index (χ3v) is 5.26. The lowest BCUT2D eigenvalue weighted by Crippen LogP contribution is -2.56. The average molecular weight is 371 g/mol. The fourth-order valence-electron chi connectivity index (χ4n) is 3.73. The van der Waals surface area contributed by atoms with E-state index in [2.05, 4.69) is 15.5 Å². The number of halogens is 1. The van der Waals surface area contributed by atoms with Crippen LogP contribution in [0.2, 0.25) is 0 Å². The third kappa shape index (κ3) is 3.85. The van der Waals surface area contributed by atoms with Crippen molar-refractivity contribution >= 4 is 11.8 Å². The van der Waals surface area contributed by atoms with Crippen LogP contribution >= 0.6 is 0 Å². The van der Waals surface area contributed by atoms with Gasteiger partial charge in [0, 0.05) is 50.4 Å². The molecule has 2 aliphatic rings. The number of fused-ring (bicyclic) bond motifs is 1. The van der Waals surface area contributed by atoms with Crippen molar-refractivity contribution in [3.05, 3.63) is 53.1 Å². The van der Waals surface area contributed by atoms with Crippen molar-refractivity contribution < 1.29 is 14.0 Å². The Morgan fingerprint density at radius 3 is 2.89 bits per heavy atom. The Balaban J connectivity index is 1.43. The second-order valence-corrected chi connectivity index (χ2v) is 7.05. The quantitative estimate of drug-likeness (QED) is 0.834. The van der Waals surface area contributed by atoms with E-state index in [0.29, 0.717) is 32.7 Å². The highest BCUT2D eigenvalue weighted by Gasteiger charge is 2.33. The zero-order chi connectivity index (χ0) is 18.8. The summed E-state index contributed by atoms with van der Waals surface area (Å²) in [6.45, 7) is 2.87. The van der Waals surface area contributed by atoms with E-state index in [4.69, 9.17) is 0 Å². The van der Waals surface area contributed by atoms with Crippen LogP contribution in [-0.4, -0.2) is 57.5 Å². The number of nitrogens with zero attached hydrogens (tertiary/aromatic N) is 3. The Kier molecular flexibility index (Phi) is 4.89. The lowest BCUT2D eigenvalue weighted by Gasteiger charge is -2.36. The molecule has 1 aromatic heterocycles. The van der Waals surface area contributed by atoms with Gasteiger partial charge in [-0.25, -0.2) is 4.39 Å². The van der Waals surface area contributed by atoms with Crippen molar-refractivity contribution in [2.75, 3.05) is 19.6 Å². The standard InChI is InChI=1S/C19H22FN5O2/c20-15-3-1-13(2-4-15)11-24-8-6-21-19(27)17(24)9-18(26)25-7-5-16-14(12-25)10-22-23-16/h1-4,10,17H,5-9,11-12H2,(H,21,27)(H,22,23). The molecule has 0 aliphatic carbocycles. The first kappa shape index (κ1) is 17.7. The maximum absolute atomic E-state index is 13.1. The van der Waals surface area contributed by atoms with E-state index in [1.165, 1.54) is 12.1 Å². The van der Waals surface area contributed by atoms with Gasteiger partial charge in [-0.05, 0) is 17.7 Å². The van der Waals surface area contributed by atoms with Gasteiger partial charge in [-0.15, -0.1) is 0 Å². The van der Waals surface area contributed by atoms with E-state index in [0.717, 1.165) is 23.2 Å². The lowest BCUT2D eigenvalue weighted by atomic mass is 10.0. The third-order valence-electron chi connectivity index (χ3n) is 5.26. The molecule has 4 rings (SSSR count). The maximum atomic E-state index is 13.1. The van der Waals surface area contributed by atoms with Gasteiger partial charge in [0.15, 0.2) is 0 Å². The van der Waals surface area contributed by atoms with E-state index in [1.807, 2.05) is 4.90 Å². The molecule has 8 heteroatoms. The molecule has 0 spiro atoms. The minimum Gasteiger partial charge on any atom is -0.353 e. The number of rotatable bonds is 4. The normalized spacial score (nSPS) is 20.3. The number of nitrogens with one attached hydrogen (secondary N) is 2. The Hall–Kier alpha value is -2.74. The minimum atomic E-state index is -0.512. The molecule has 1 atom stereocenters. The number of benzene rings is 1. The lowest BCUT2D eigenvalue weighted by molar-refractivity contribution is -0.139. The van der Waals surface area contributed by atoms with E-state index >= 15 is 0 Å². The number of carbonyl (C=O) groups is 2. The summed E-state index contributed by atoms with van der Waals surface area (Å²) >= 11 is 0. The van der Waals surface area contributed by atoms with Crippen LogP contribution in [-0.2, 0) is 29.1 Å². The molecule has 142 valence electrons. The predicted octanol–water partition coefficient (Wildman–Crippen LogP) is 0.824. The summed E-state index contributed by atoms with van der Waals surface area (Å²) in [5, 5.41) is 9.84. The number of hydrogen-bond donors (Lipinski definition) is 2. The Morgan fingerprint density at radius 2 is 2.07 bits per heavy atom. The Morgan fingerprint density at radius 1 is 1.26 bits per heavy atom. The number of aromatic nitrogens is 2. The van der Waals surface area contributed by atoms with Gasteiger partial charge in [-0.1, -0.05) is 12.1 Å². The van der Waals surface area contributed by atoms with Gasteiger partial charge in [0.05, 0.1) is 18.7 Å². The molecule has 0 radical (unpaired) electrons. The Labute approximate surface area is 156 Å². The smallest absolute Gasteiger partial charge is 0.237 e. The number of piperazine rings is 1. The van der Waals surface area contributed by atoms with Crippen LogP contribution in [0.4, 0.5) is 4.39 Å². The van der Waals surface area contributed by atoms with Crippen LogP contribution in [0.15, 0.2) is 30.5 Å². The summed E-state index contributed by atoms with van der Waals surface area (Å²) in [5.74, 6) is -0.448. The highest BCUT2D eigenvalue weighted by atomic mass is 19.1. The first-order valence-electron chi connectivity index (χ1n) is 9.15. The monoisotopic (exact) mass is 371 g/mol. The Bertz CT molecular complexity index is 835. The number of amides is 2. The number of carbonyl (C=O) groups excluding carboxylic acids is 2. The van der Waals surface area contributed by atoms with E-state index in [-0.39, 0.29) is 24.1 Å². The second kappa shape index (κ2) is 7.48. The number of H-pyrrole nitrogens is 1. The summed E-state index contributed by atoms with van der Waals surface area (Å²) in [6.07, 6.45) is 2.64. The molecule has 3 heterocycles. The molecule has 1 saturated heterocycles. The molecule has 2 aliphatic heterocycles. The van der Waals surface area contributed by atoms with Gasteiger partial charge in [-0.2, -0.15) is 5.10 Å². The van der Waals surface area contributed by atoms with Crippen molar-refractivity contribution in [3.63, 3.8) is 0 Å². The van der Waals surface area contributed by atoms with Crippen molar-refractivity contribution in [3.8, 4) is 0 Å². The minimum absolute atomic E-state index is 0.0343. The molecule has 1 unspecified atom stereocenters. The zero-order valence-corrected chi connectivity index (χ0v) is 14.9. The second-order valence-electron chi connectivity index (χ2n) is 7.05. The van der Waals surface area contributed by atoms with Crippen LogP contribution in [0.1, 0.15) is 23.2 Å². The molecule has 27 heavy (non-hydrogen) atoms. The van der Waals surface area contributed by atoms with Gasteiger partial charge in [0.25, 0.3) is 0 Å². The van der Waals surface area contributed by atoms with Crippen molar-refractivity contribution in [1.29, 1.82) is 0 Å². The highest BCUT2D eigenvalue weighted by molar-refractivity contribution is 5.89. The summed E-state index contributed by atoms with van der Waals surface area (Å²) in [5.41, 5.74) is 3.03. The fraction of sp³-hybridized carbons (Fsp3) is 0.421. The van der Waals surface area contributed by atoms with E-state index in [1.54, 1.807) is 23.2 Å². The van der Waals surface area contributed by atoms with Gasteiger partial charge in [0.1, 0.15) is 5.82 Å². The largest absolute Gasteiger partial charge is 0.353 e. The molecule has 7 nitrogen and oxygen atoms in total. The average Bonchev–Trinajstić information content (AvgIpc) is 3.14. The van der Waals surface area contributed by atoms with Crippen LogP contribution in [0, 0.1) is 5.82 Å². The molecular formula is C19H22FN5O2. The number of hydrogen-bond acceptors (Lipinski definition) is 4. The zero-order valence-electron chi connectivity index (χ0n) is 14.9. The molecule has 0 bridgehead atoms. The summed E-state index contributed by atoms with van der Waals surface area (Å²) in [6, 6.07) is 5.74. The van der Waals surface area contributed by atoms with Crippen LogP contribution in [0.25, 0.3) is 0 Å². The van der Waals surface area contributed by atoms with Crippen molar-refractivity contribution in [2.24, 2.45) is 0 Å². The number of aromatic amines is 1. The molecule has 0 saturated carbocycles. The molecule has 1 aromatic carbocycles. The van der Waals surface area contributed by atoms with Crippen LogP contribution in [0.5, 0.6) is 0 Å². The molecule has 2 aromatic rings. The fourth-order valence-corrected chi connectivity index (χ4v) is 3.73. The van der Waals surface area contributed by atoms with Crippen molar-refractivity contribution in [1.82, 2.24) is 25.3 Å². The summed E-state index contributed by atoms with van der Waals surface area (Å²) in [4.78, 5) is 29.0. The molecule has 2 amide bonds. The van der Waals surface area contributed by atoms with Gasteiger partial charge >= 0.3 is 0 Å². The van der Waals surface area contributed by atoms with Crippen LogP contribution in [0.3, 0.4) is 0 Å². The van der Waals surface area contributed by atoms with Gasteiger partial charge < -0.3 is 10.2 Å². The molecule has 2 N–H and O–H groups in total. The maximum Gasteiger partial charge on any atom is 0.237 e. The van der Waals surface area contributed by atoms with E-state index in [9.17, 15) is 14.0 Å². The highest BCUT2D eigenvalue weighted by Crippen LogP contribution is 2.20.